The molecule has 0 spiro atoms. The van der Waals surface area contributed by atoms with Gasteiger partial charge in [0, 0.05) is 25.4 Å². The highest BCUT2D eigenvalue weighted by Gasteiger charge is 2.06. The molecule has 0 atom stereocenters. The Kier molecular flexibility index (Phi) is 3.06. The summed E-state index contributed by atoms with van der Waals surface area (Å²) in [6.07, 6.45) is 3.04. The van der Waals surface area contributed by atoms with E-state index >= 15 is 0 Å². The van der Waals surface area contributed by atoms with Gasteiger partial charge in [0.15, 0.2) is 0 Å². The highest BCUT2D eigenvalue weighted by atomic mass is 15.0. The minimum atomic E-state index is 0.487. The number of benzene rings is 1. The molecule has 3 nitrogen and oxygen atoms in total. The van der Waals surface area contributed by atoms with E-state index in [1.54, 1.807) is 0 Å². The van der Waals surface area contributed by atoms with Crippen LogP contribution >= 0.6 is 0 Å². The quantitative estimate of drug-likeness (QED) is 0.852. The van der Waals surface area contributed by atoms with Crippen molar-refractivity contribution >= 4 is 0 Å². The van der Waals surface area contributed by atoms with Crippen molar-refractivity contribution in [3.63, 3.8) is 0 Å². The molecule has 3 heteroatoms. The van der Waals surface area contributed by atoms with E-state index in [9.17, 15) is 0 Å². The molecule has 1 aromatic heterocycles. The van der Waals surface area contributed by atoms with Crippen molar-refractivity contribution in [2.75, 3.05) is 0 Å². The second-order valence-electron chi connectivity index (χ2n) is 3.92. The predicted molar refractivity (Wildman–Crippen MR) is 65.9 cm³/mol. The summed E-state index contributed by atoms with van der Waals surface area (Å²) in [5.41, 5.74) is 8.99. The summed E-state index contributed by atoms with van der Waals surface area (Å²) >= 11 is 0. The molecule has 1 aromatic carbocycles. The van der Waals surface area contributed by atoms with Gasteiger partial charge in [-0.3, -0.25) is 0 Å². The van der Waals surface area contributed by atoms with Gasteiger partial charge in [0.25, 0.3) is 0 Å². The monoisotopic (exact) mass is 215 g/mol. The third-order valence-corrected chi connectivity index (χ3v) is 2.76. The van der Waals surface area contributed by atoms with Gasteiger partial charge in [-0.25, -0.2) is 4.98 Å². The largest absolute Gasteiger partial charge is 0.334 e. The molecule has 2 rings (SSSR count). The van der Waals surface area contributed by atoms with Gasteiger partial charge in [0.2, 0.25) is 0 Å². The third-order valence-electron chi connectivity index (χ3n) is 2.76. The Balaban J connectivity index is 2.38. The summed E-state index contributed by atoms with van der Waals surface area (Å²) in [5.74, 6) is 0.975. The Bertz CT molecular complexity index is 468. The van der Waals surface area contributed by atoms with Gasteiger partial charge in [-0.15, -0.1) is 0 Å². The van der Waals surface area contributed by atoms with Crippen molar-refractivity contribution in [3.05, 3.63) is 41.7 Å². The normalized spacial score (nSPS) is 10.7. The lowest BCUT2D eigenvalue weighted by atomic mass is 10.1. The minimum Gasteiger partial charge on any atom is -0.334 e. The maximum Gasteiger partial charge on any atom is 0.140 e. The van der Waals surface area contributed by atoms with Crippen LogP contribution in [0.5, 0.6) is 0 Å². The Morgan fingerprint density at radius 2 is 1.94 bits per heavy atom. The van der Waals surface area contributed by atoms with Gasteiger partial charge in [0.1, 0.15) is 5.82 Å². The van der Waals surface area contributed by atoms with Gasteiger partial charge in [-0.05, 0) is 12.0 Å². The smallest absolute Gasteiger partial charge is 0.140 e. The molecule has 1 heterocycles. The average molecular weight is 215 g/mol. The van der Waals surface area contributed by atoms with Crippen LogP contribution in [0.3, 0.4) is 0 Å². The molecule has 16 heavy (non-hydrogen) atoms. The SMILES string of the molecule is CCc1ccc(-c2nc(CN)cn2C)cc1. The van der Waals surface area contributed by atoms with Gasteiger partial charge in [-0.1, -0.05) is 31.2 Å². The Hall–Kier alpha value is -1.61. The van der Waals surface area contributed by atoms with Crippen LogP contribution in [0.2, 0.25) is 0 Å². The van der Waals surface area contributed by atoms with Crippen LogP contribution in [0.4, 0.5) is 0 Å². The zero-order chi connectivity index (χ0) is 11.5. The standard InChI is InChI=1S/C13H17N3/c1-3-10-4-6-11(7-5-10)13-15-12(8-14)9-16(13)2/h4-7,9H,3,8,14H2,1-2H3. The lowest BCUT2D eigenvalue weighted by Gasteiger charge is -2.02. The average Bonchev–Trinajstić information content (AvgIpc) is 2.71. The van der Waals surface area contributed by atoms with E-state index in [0.717, 1.165) is 23.5 Å². The molecule has 0 aliphatic heterocycles. The summed E-state index contributed by atoms with van der Waals surface area (Å²) in [6, 6.07) is 8.52. The number of nitrogens with two attached hydrogens (primary N) is 1. The first-order valence-electron chi connectivity index (χ1n) is 5.56. The number of aromatic nitrogens is 2. The molecular weight excluding hydrogens is 198 g/mol. The van der Waals surface area contributed by atoms with E-state index in [1.807, 2.05) is 17.8 Å². The molecule has 0 bridgehead atoms. The number of hydrogen-bond acceptors (Lipinski definition) is 2. The molecule has 0 aliphatic rings. The maximum atomic E-state index is 5.58. The van der Waals surface area contributed by atoms with Crippen molar-refractivity contribution < 1.29 is 0 Å². The Labute approximate surface area is 95.9 Å². The van der Waals surface area contributed by atoms with Crippen LogP contribution < -0.4 is 5.73 Å². The minimum absolute atomic E-state index is 0.487. The summed E-state index contributed by atoms with van der Waals surface area (Å²) in [7, 11) is 2.00. The van der Waals surface area contributed by atoms with Crippen LogP contribution in [0.1, 0.15) is 18.2 Å². The van der Waals surface area contributed by atoms with Gasteiger partial charge >= 0.3 is 0 Å². The third kappa shape index (κ3) is 1.99. The fourth-order valence-corrected chi connectivity index (χ4v) is 1.78. The Morgan fingerprint density at radius 1 is 1.25 bits per heavy atom. The van der Waals surface area contributed by atoms with E-state index in [-0.39, 0.29) is 0 Å². The van der Waals surface area contributed by atoms with Gasteiger partial charge in [-0.2, -0.15) is 0 Å². The number of aryl methyl sites for hydroxylation is 2. The van der Waals surface area contributed by atoms with E-state index in [2.05, 4.69) is 36.2 Å². The summed E-state index contributed by atoms with van der Waals surface area (Å²) in [4.78, 5) is 4.49. The Morgan fingerprint density at radius 3 is 2.44 bits per heavy atom. The second-order valence-corrected chi connectivity index (χ2v) is 3.92. The van der Waals surface area contributed by atoms with Crippen molar-refractivity contribution in [2.45, 2.75) is 19.9 Å². The highest BCUT2D eigenvalue weighted by molar-refractivity contribution is 5.56. The molecule has 0 unspecified atom stereocenters. The van der Waals surface area contributed by atoms with Crippen LogP contribution in [0, 0.1) is 0 Å². The van der Waals surface area contributed by atoms with Crippen LogP contribution in [0.15, 0.2) is 30.5 Å². The van der Waals surface area contributed by atoms with Crippen molar-refractivity contribution in [1.29, 1.82) is 0 Å². The molecule has 0 aliphatic carbocycles. The molecule has 0 amide bonds. The lowest BCUT2D eigenvalue weighted by Crippen LogP contribution is -1.95. The fourth-order valence-electron chi connectivity index (χ4n) is 1.78. The van der Waals surface area contributed by atoms with Crippen molar-refractivity contribution in [1.82, 2.24) is 9.55 Å². The summed E-state index contributed by atoms with van der Waals surface area (Å²) in [6.45, 7) is 2.64. The highest BCUT2D eigenvalue weighted by Crippen LogP contribution is 2.18. The van der Waals surface area contributed by atoms with Crippen LogP contribution in [0.25, 0.3) is 11.4 Å². The van der Waals surface area contributed by atoms with Gasteiger partial charge in [0.05, 0.1) is 5.69 Å². The molecular formula is C13H17N3. The lowest BCUT2D eigenvalue weighted by molar-refractivity contribution is 0.921. The number of rotatable bonds is 3. The first kappa shape index (κ1) is 10.9. The zero-order valence-corrected chi connectivity index (χ0v) is 9.77. The maximum absolute atomic E-state index is 5.58. The predicted octanol–water partition coefficient (Wildman–Crippen LogP) is 2.11. The first-order valence-corrected chi connectivity index (χ1v) is 5.56. The van der Waals surface area contributed by atoms with Crippen LogP contribution in [-0.2, 0) is 20.0 Å². The van der Waals surface area contributed by atoms with E-state index < -0.39 is 0 Å². The van der Waals surface area contributed by atoms with Gasteiger partial charge < -0.3 is 10.3 Å². The summed E-state index contributed by atoms with van der Waals surface area (Å²) < 4.78 is 2.02. The second kappa shape index (κ2) is 4.49. The molecule has 2 N–H and O–H groups in total. The van der Waals surface area contributed by atoms with Crippen molar-refractivity contribution in [3.8, 4) is 11.4 Å². The first-order chi connectivity index (χ1) is 7.74. The van der Waals surface area contributed by atoms with Crippen LogP contribution in [-0.4, -0.2) is 9.55 Å². The molecule has 0 fully saturated rings. The molecule has 0 saturated heterocycles. The number of imidazole rings is 1. The molecule has 0 radical (unpaired) electrons. The fraction of sp³-hybridized carbons (Fsp3) is 0.308. The number of hydrogen-bond donors (Lipinski definition) is 1. The summed E-state index contributed by atoms with van der Waals surface area (Å²) in [5, 5.41) is 0. The van der Waals surface area contributed by atoms with E-state index in [4.69, 9.17) is 5.73 Å². The van der Waals surface area contributed by atoms with E-state index in [1.165, 1.54) is 5.56 Å². The number of nitrogens with zero attached hydrogens (tertiary/aromatic N) is 2. The molecule has 84 valence electrons. The molecule has 0 saturated carbocycles. The van der Waals surface area contributed by atoms with Crippen molar-refractivity contribution in [2.24, 2.45) is 12.8 Å². The topological polar surface area (TPSA) is 43.8 Å². The molecule has 2 aromatic rings. The van der Waals surface area contributed by atoms with E-state index in [0.29, 0.717) is 6.54 Å². The zero-order valence-electron chi connectivity index (χ0n) is 9.77.